The first-order valence-corrected chi connectivity index (χ1v) is 15.2. The Bertz CT molecular complexity index is 1240. The van der Waals surface area contributed by atoms with Gasteiger partial charge >= 0.3 is 5.97 Å². The van der Waals surface area contributed by atoms with Crippen molar-refractivity contribution < 1.29 is 14.3 Å². The number of aromatic amines is 1. The highest BCUT2D eigenvalue weighted by atomic mass is 35.5. The molecule has 1 atom stereocenters. The minimum atomic E-state index is -0.536. The molecule has 2 aromatic heterocycles. The Kier molecular flexibility index (Phi) is 12.0. The van der Waals surface area contributed by atoms with E-state index in [0.717, 1.165) is 18.5 Å². The molecule has 3 aromatic rings. The Balaban J connectivity index is 1.45. The number of nitrogens with zero attached hydrogens (tertiary/aromatic N) is 3. The van der Waals surface area contributed by atoms with Crippen molar-refractivity contribution in [1.82, 2.24) is 19.8 Å². The van der Waals surface area contributed by atoms with Gasteiger partial charge in [0.1, 0.15) is 5.02 Å². The quantitative estimate of drug-likeness (QED) is 0.133. The molecule has 0 bridgehead atoms. The number of unbranched alkanes of at least 4 members (excludes halogenated alkanes) is 9. The van der Waals surface area contributed by atoms with Crippen LogP contribution in [0.15, 0.2) is 24.3 Å². The number of nitrogens with one attached hydrogen (secondary N) is 2. The van der Waals surface area contributed by atoms with E-state index in [2.05, 4.69) is 27.4 Å². The number of carbonyl (C=O) groups is 2. The molecule has 0 aliphatic heterocycles. The molecule has 0 saturated heterocycles. The summed E-state index contributed by atoms with van der Waals surface area (Å²) < 4.78 is 6.88. The van der Waals surface area contributed by atoms with Crippen LogP contribution in [0.3, 0.4) is 0 Å². The molecule has 0 aliphatic carbocycles. The number of aromatic nitrogens is 4. The van der Waals surface area contributed by atoms with Crippen molar-refractivity contribution in [2.75, 3.05) is 11.9 Å². The third-order valence-corrected chi connectivity index (χ3v) is 7.43. The van der Waals surface area contributed by atoms with E-state index in [1.165, 1.54) is 56.0 Å². The van der Waals surface area contributed by atoms with Crippen LogP contribution in [0.25, 0.3) is 17.0 Å². The van der Waals surface area contributed by atoms with Crippen molar-refractivity contribution in [3.05, 3.63) is 35.0 Å². The van der Waals surface area contributed by atoms with Crippen LogP contribution >= 0.6 is 11.6 Å². The van der Waals surface area contributed by atoms with Crippen LogP contribution in [0.1, 0.15) is 111 Å². The van der Waals surface area contributed by atoms with Crippen molar-refractivity contribution in [2.24, 2.45) is 5.92 Å². The van der Waals surface area contributed by atoms with Gasteiger partial charge in [-0.15, -0.1) is 9.73 Å². The number of rotatable bonds is 16. The van der Waals surface area contributed by atoms with Gasteiger partial charge in [-0.05, 0) is 18.6 Å². The average molecular weight is 572 g/mol. The molecule has 1 aromatic carbocycles. The first-order chi connectivity index (χ1) is 19.1. The maximum absolute atomic E-state index is 12.9. The van der Waals surface area contributed by atoms with Crippen LogP contribution in [0.2, 0.25) is 5.02 Å². The highest BCUT2D eigenvalue weighted by Gasteiger charge is 2.26. The van der Waals surface area contributed by atoms with Crippen molar-refractivity contribution in [1.29, 1.82) is 0 Å². The maximum atomic E-state index is 12.9. The van der Waals surface area contributed by atoms with Crippen molar-refractivity contribution >= 4 is 34.8 Å². The highest BCUT2D eigenvalue weighted by molar-refractivity contribution is 6.34. The zero-order chi connectivity index (χ0) is 29.1. The van der Waals surface area contributed by atoms with E-state index in [1.54, 1.807) is 13.0 Å². The van der Waals surface area contributed by atoms with E-state index in [0.29, 0.717) is 34.4 Å². The van der Waals surface area contributed by atoms with Gasteiger partial charge in [-0.1, -0.05) is 116 Å². The summed E-state index contributed by atoms with van der Waals surface area (Å²) in [6.07, 6.45) is 12.3. The number of esters is 1. The van der Waals surface area contributed by atoms with Gasteiger partial charge in [0.25, 0.3) is 0 Å². The Morgan fingerprint density at radius 2 is 1.62 bits per heavy atom. The zero-order valence-corrected chi connectivity index (χ0v) is 25.6. The van der Waals surface area contributed by atoms with Gasteiger partial charge in [0.15, 0.2) is 11.5 Å². The Labute approximate surface area is 243 Å². The van der Waals surface area contributed by atoms with Gasteiger partial charge in [-0.2, -0.15) is 5.10 Å². The van der Waals surface area contributed by atoms with E-state index in [1.807, 2.05) is 39.0 Å². The zero-order valence-electron chi connectivity index (χ0n) is 24.8. The molecule has 0 aliphatic rings. The summed E-state index contributed by atoms with van der Waals surface area (Å²) in [4.78, 5) is 28.5. The molecular weight excluding hydrogens is 526 g/mol. The van der Waals surface area contributed by atoms with Gasteiger partial charge in [-0.25, -0.2) is 0 Å². The molecule has 8 nitrogen and oxygen atoms in total. The minimum absolute atomic E-state index is 0.0333. The molecule has 2 heterocycles. The van der Waals surface area contributed by atoms with Crippen molar-refractivity contribution in [3.8, 4) is 11.4 Å². The lowest BCUT2D eigenvalue weighted by molar-refractivity contribution is -0.146. The number of para-hydroxylation sites is 1. The van der Waals surface area contributed by atoms with E-state index >= 15 is 0 Å². The summed E-state index contributed by atoms with van der Waals surface area (Å²) >= 11 is 6.58. The van der Waals surface area contributed by atoms with Crippen LogP contribution in [0, 0.1) is 5.92 Å². The number of fused-ring (bicyclic) bond motifs is 1. The number of benzene rings is 1. The second-order valence-corrected chi connectivity index (χ2v) is 12.1. The predicted molar refractivity (Wildman–Crippen MR) is 162 cm³/mol. The van der Waals surface area contributed by atoms with Gasteiger partial charge < -0.3 is 15.0 Å². The van der Waals surface area contributed by atoms with Crippen LogP contribution in [0.5, 0.6) is 0 Å². The number of ether oxygens (including phenoxy) is 1. The predicted octanol–water partition coefficient (Wildman–Crippen LogP) is 8.10. The third-order valence-electron chi connectivity index (χ3n) is 7.07. The summed E-state index contributed by atoms with van der Waals surface area (Å²) in [5, 5.41) is 12.6. The number of amides is 1. The fourth-order valence-electron chi connectivity index (χ4n) is 4.63. The topological polar surface area (TPSA) is 101 Å². The molecule has 0 spiro atoms. The van der Waals surface area contributed by atoms with Crippen molar-refractivity contribution in [3.63, 3.8) is 0 Å². The smallest absolute Gasteiger partial charge is 0.306 e. The Morgan fingerprint density at radius 3 is 2.25 bits per heavy atom. The Hall–Kier alpha value is -2.87. The summed E-state index contributed by atoms with van der Waals surface area (Å²) in [7, 11) is 0. The number of hydrogen-bond acceptors (Lipinski definition) is 5. The number of halogens is 1. The molecule has 9 heteroatoms. The first-order valence-electron chi connectivity index (χ1n) is 14.8. The van der Waals surface area contributed by atoms with Crippen LogP contribution in [-0.4, -0.2) is 38.3 Å². The largest absolute Gasteiger partial charge is 0.466 e. The van der Waals surface area contributed by atoms with E-state index in [4.69, 9.17) is 16.3 Å². The lowest BCUT2D eigenvalue weighted by Crippen LogP contribution is -2.24. The molecule has 2 N–H and O–H groups in total. The van der Waals surface area contributed by atoms with Crippen molar-refractivity contribution in [2.45, 2.75) is 111 Å². The molecule has 0 fully saturated rings. The second-order valence-electron chi connectivity index (χ2n) is 11.8. The fourth-order valence-corrected chi connectivity index (χ4v) is 5.07. The molecule has 40 heavy (non-hydrogen) atoms. The number of H-pyrrole nitrogens is 1. The molecule has 3 rings (SSSR count). The van der Waals surface area contributed by atoms with Crippen LogP contribution in [-0.2, 0) is 19.7 Å². The number of hydrogen-bond donors (Lipinski definition) is 2. The number of carbonyl (C=O) groups excluding carboxylic acids is 2. The van der Waals surface area contributed by atoms with E-state index < -0.39 is 5.92 Å². The summed E-state index contributed by atoms with van der Waals surface area (Å²) in [6.45, 7) is 10.5. The van der Waals surface area contributed by atoms with Crippen LogP contribution < -0.4 is 5.32 Å². The third kappa shape index (κ3) is 9.08. The normalized spacial score (nSPS) is 12.6. The average Bonchev–Trinajstić information content (AvgIpc) is 3.46. The molecular formula is C31H46ClN5O3. The number of anilines is 1. The molecule has 0 saturated carbocycles. The van der Waals surface area contributed by atoms with Gasteiger partial charge in [0, 0.05) is 16.9 Å². The molecule has 220 valence electrons. The van der Waals surface area contributed by atoms with Gasteiger partial charge in [-0.3, -0.25) is 9.59 Å². The lowest BCUT2D eigenvalue weighted by Gasteiger charge is -2.15. The maximum Gasteiger partial charge on any atom is 0.306 e. The van der Waals surface area contributed by atoms with Gasteiger partial charge in [0.2, 0.25) is 5.91 Å². The van der Waals surface area contributed by atoms with E-state index in [9.17, 15) is 9.59 Å². The standard InChI is InChI=1S/C31H46ClN5O3/c1-6-7-8-9-10-11-12-13-14-17-20-40-25(38)21-22(2)30(39)33-24-19-16-15-18-23(24)28-34-29-26(32)27(31(3,4)5)35-37(29)36-28/h15-16,18-19,22H,6-14,17,20-21H2,1-5H3,(H,33,39)(H,34,36). The molecule has 1 unspecified atom stereocenters. The van der Waals surface area contributed by atoms with E-state index in [-0.39, 0.29) is 23.7 Å². The van der Waals surface area contributed by atoms with Crippen LogP contribution in [0.4, 0.5) is 5.69 Å². The lowest BCUT2D eigenvalue weighted by atomic mass is 9.92. The SMILES string of the molecule is CCCCCCCCCCCCOC(=O)CC(C)C(=O)Nc1ccccc1-c1nn2nc(C(C)(C)C)c(Cl)c2[nH]1. The Morgan fingerprint density at radius 1 is 1.00 bits per heavy atom. The highest BCUT2D eigenvalue weighted by Crippen LogP contribution is 2.33. The summed E-state index contributed by atoms with van der Waals surface area (Å²) in [5.74, 6) is -0.605. The first kappa shape index (κ1) is 31.7. The second kappa shape index (κ2) is 15.2. The fraction of sp³-hybridized carbons (Fsp3) is 0.613. The summed E-state index contributed by atoms with van der Waals surface area (Å²) in [5.41, 5.74) is 2.42. The monoisotopic (exact) mass is 571 g/mol. The summed E-state index contributed by atoms with van der Waals surface area (Å²) in [6, 6.07) is 7.37. The molecule has 1 amide bonds. The molecule has 0 radical (unpaired) electrons. The van der Waals surface area contributed by atoms with Gasteiger partial charge in [0.05, 0.1) is 24.4 Å². The minimum Gasteiger partial charge on any atom is -0.466 e.